The number of amides is 1. The third-order valence-electron chi connectivity index (χ3n) is 4.53. The Morgan fingerprint density at radius 3 is 2.57 bits per heavy atom. The van der Waals surface area contributed by atoms with E-state index in [1.807, 2.05) is 52.0 Å². The second-order valence-electron chi connectivity index (χ2n) is 7.26. The largest absolute Gasteiger partial charge is 0.494 e. The first kappa shape index (κ1) is 20.5. The fourth-order valence-corrected chi connectivity index (χ4v) is 4.24. The van der Waals surface area contributed by atoms with E-state index in [9.17, 15) is 9.59 Å². The summed E-state index contributed by atoms with van der Waals surface area (Å²) in [5.41, 5.74) is 1.83. The molecular weight excluding hydrogens is 376 g/mol. The molecule has 1 fully saturated rings. The Labute approximate surface area is 170 Å². The van der Waals surface area contributed by atoms with Crippen molar-refractivity contribution in [3.05, 3.63) is 41.1 Å². The molecule has 1 amide bonds. The number of carbonyl (C=O) groups is 2. The van der Waals surface area contributed by atoms with E-state index in [2.05, 4.69) is 4.99 Å². The molecule has 0 radical (unpaired) electrons. The van der Waals surface area contributed by atoms with Crippen LogP contribution in [0.15, 0.2) is 40.5 Å². The molecule has 150 valence electrons. The van der Waals surface area contributed by atoms with Gasteiger partial charge in [0.15, 0.2) is 5.17 Å². The Hall–Kier alpha value is -2.28. The Balaban J connectivity index is 2.03. The molecule has 0 N–H and O–H groups in total. The lowest BCUT2D eigenvalue weighted by atomic mass is 9.94. The highest BCUT2D eigenvalue weighted by Gasteiger charge is 2.46. The molecule has 0 aromatic heterocycles. The average molecular weight is 403 g/mol. The van der Waals surface area contributed by atoms with E-state index in [0.717, 1.165) is 11.3 Å². The normalized spacial score (nSPS) is 21.7. The van der Waals surface area contributed by atoms with Gasteiger partial charge in [-0.3, -0.25) is 9.69 Å². The van der Waals surface area contributed by atoms with Crippen LogP contribution in [0.4, 0.5) is 0 Å². The van der Waals surface area contributed by atoms with E-state index >= 15 is 0 Å². The zero-order valence-corrected chi connectivity index (χ0v) is 17.7. The Bertz CT molecular complexity index is 829. The number of esters is 1. The van der Waals surface area contributed by atoms with E-state index in [0.29, 0.717) is 29.7 Å². The highest BCUT2D eigenvalue weighted by molar-refractivity contribution is 8.15. The number of benzene rings is 1. The first-order chi connectivity index (χ1) is 13.3. The van der Waals surface area contributed by atoms with Crippen molar-refractivity contribution in [1.82, 2.24) is 4.90 Å². The van der Waals surface area contributed by atoms with Gasteiger partial charge in [-0.1, -0.05) is 37.7 Å². The number of aliphatic imine (C=N–C) groups is 1. The fraction of sp³-hybridized carbons (Fsp3) is 0.476. The van der Waals surface area contributed by atoms with Gasteiger partial charge >= 0.3 is 5.97 Å². The zero-order chi connectivity index (χ0) is 20.4. The summed E-state index contributed by atoms with van der Waals surface area (Å²) in [6, 6.07) is 6.94. The summed E-state index contributed by atoms with van der Waals surface area (Å²) in [5, 5.41) is 0.400. The van der Waals surface area contributed by atoms with Crippen molar-refractivity contribution >= 4 is 28.8 Å². The van der Waals surface area contributed by atoms with Crippen molar-refractivity contribution in [3.8, 4) is 5.75 Å². The molecule has 0 saturated carbocycles. The number of hydrogen-bond donors (Lipinski definition) is 0. The van der Waals surface area contributed by atoms with Crippen molar-refractivity contribution in [3.63, 3.8) is 0 Å². The number of rotatable bonds is 6. The van der Waals surface area contributed by atoms with Crippen molar-refractivity contribution in [2.24, 2.45) is 10.9 Å². The fourth-order valence-electron chi connectivity index (χ4n) is 3.21. The molecule has 2 aliphatic heterocycles. The van der Waals surface area contributed by atoms with Crippen molar-refractivity contribution in [2.75, 3.05) is 13.2 Å². The summed E-state index contributed by atoms with van der Waals surface area (Å²) >= 11 is 1.42. The topological polar surface area (TPSA) is 68.2 Å². The highest BCUT2D eigenvalue weighted by atomic mass is 32.2. The first-order valence-corrected chi connectivity index (χ1v) is 10.4. The Morgan fingerprint density at radius 2 is 1.96 bits per heavy atom. The van der Waals surface area contributed by atoms with Gasteiger partial charge in [-0.2, -0.15) is 0 Å². The summed E-state index contributed by atoms with van der Waals surface area (Å²) < 4.78 is 11.0. The molecule has 7 heteroatoms. The lowest BCUT2D eigenvalue weighted by Crippen LogP contribution is -2.40. The predicted octanol–water partition coefficient (Wildman–Crippen LogP) is 3.93. The van der Waals surface area contributed by atoms with Crippen LogP contribution < -0.4 is 4.74 Å². The van der Waals surface area contributed by atoms with Crippen molar-refractivity contribution in [2.45, 2.75) is 45.9 Å². The maximum absolute atomic E-state index is 12.9. The van der Waals surface area contributed by atoms with Crippen molar-refractivity contribution < 1.29 is 19.1 Å². The van der Waals surface area contributed by atoms with Gasteiger partial charge < -0.3 is 9.47 Å². The monoisotopic (exact) mass is 402 g/mol. The minimum atomic E-state index is -0.548. The molecule has 1 aromatic rings. The number of allylic oxidation sites excluding steroid dienone is 1. The van der Waals surface area contributed by atoms with Gasteiger partial charge in [0.05, 0.1) is 35.8 Å². The maximum atomic E-state index is 12.9. The summed E-state index contributed by atoms with van der Waals surface area (Å²) in [5.74, 6) is 0.492. The van der Waals surface area contributed by atoms with Crippen LogP contribution >= 0.6 is 11.8 Å². The number of nitrogens with zero attached hydrogens (tertiary/aromatic N) is 2. The summed E-state index contributed by atoms with van der Waals surface area (Å²) in [4.78, 5) is 31.9. The Morgan fingerprint density at radius 1 is 1.29 bits per heavy atom. The molecular formula is C21H26N2O4S. The number of thioether (sulfide) groups is 1. The standard InChI is InChI=1S/C21H26N2O4S/c1-6-26-16-9-7-15(8-10-16)18-17(20(25)27-11-12(2)3)13(4)22-21-23(18)19(24)14(5)28-21/h7-10,12,14,18H,6,11H2,1-5H3/t14-,18+/m1/s1. The Kier molecular flexibility index (Phi) is 6.13. The van der Waals surface area contributed by atoms with Gasteiger partial charge in [0.1, 0.15) is 5.75 Å². The highest BCUT2D eigenvalue weighted by Crippen LogP contribution is 2.43. The van der Waals surface area contributed by atoms with Crippen LogP contribution in [0.3, 0.4) is 0 Å². The molecule has 0 bridgehead atoms. The summed E-state index contributed by atoms with van der Waals surface area (Å²) in [6.07, 6.45) is 0. The van der Waals surface area contributed by atoms with Crippen LogP contribution in [0.5, 0.6) is 5.75 Å². The number of carbonyl (C=O) groups excluding carboxylic acids is 2. The van der Waals surface area contributed by atoms with Crippen molar-refractivity contribution in [1.29, 1.82) is 0 Å². The molecule has 2 atom stereocenters. The third kappa shape index (κ3) is 3.94. The van der Waals surface area contributed by atoms with Gasteiger partial charge in [0.2, 0.25) is 5.91 Å². The van der Waals surface area contributed by atoms with Gasteiger partial charge in [-0.25, -0.2) is 9.79 Å². The van der Waals surface area contributed by atoms with Gasteiger partial charge in [-0.15, -0.1) is 0 Å². The molecule has 0 spiro atoms. The molecule has 1 aromatic carbocycles. The SMILES string of the molecule is CCOc1ccc([C@H]2C(C(=O)OCC(C)C)=C(C)N=C3S[C@H](C)C(=O)N32)cc1. The van der Waals surface area contributed by atoms with Crippen LogP contribution in [0.2, 0.25) is 0 Å². The van der Waals surface area contributed by atoms with E-state index in [-0.39, 0.29) is 17.1 Å². The summed E-state index contributed by atoms with van der Waals surface area (Å²) in [6.45, 7) is 10.4. The molecule has 28 heavy (non-hydrogen) atoms. The molecule has 1 saturated heterocycles. The van der Waals surface area contributed by atoms with Gasteiger partial charge in [0.25, 0.3) is 0 Å². The van der Waals surface area contributed by atoms with E-state index in [4.69, 9.17) is 9.47 Å². The number of hydrogen-bond acceptors (Lipinski definition) is 6. The maximum Gasteiger partial charge on any atom is 0.338 e. The van der Waals surface area contributed by atoms with Crippen LogP contribution in [-0.4, -0.2) is 40.4 Å². The number of ether oxygens (including phenoxy) is 2. The van der Waals surface area contributed by atoms with Crippen LogP contribution in [0.1, 0.15) is 46.2 Å². The van der Waals surface area contributed by atoms with Gasteiger partial charge in [-0.05, 0) is 44.4 Å². The molecule has 0 aliphatic carbocycles. The lowest BCUT2D eigenvalue weighted by Gasteiger charge is -2.33. The number of amidine groups is 1. The van der Waals surface area contributed by atoms with E-state index < -0.39 is 12.0 Å². The van der Waals surface area contributed by atoms with Gasteiger partial charge in [0, 0.05) is 0 Å². The molecule has 0 unspecified atom stereocenters. The predicted molar refractivity (Wildman–Crippen MR) is 110 cm³/mol. The minimum absolute atomic E-state index is 0.0516. The molecule has 2 aliphatic rings. The minimum Gasteiger partial charge on any atom is -0.494 e. The number of fused-ring (bicyclic) bond motifs is 1. The molecule has 2 heterocycles. The third-order valence-corrected chi connectivity index (χ3v) is 5.59. The lowest BCUT2D eigenvalue weighted by molar-refractivity contribution is -0.141. The summed E-state index contributed by atoms with van der Waals surface area (Å²) in [7, 11) is 0. The van der Waals surface area contributed by atoms with E-state index in [1.54, 1.807) is 11.8 Å². The quantitative estimate of drug-likeness (QED) is 0.675. The van der Waals surface area contributed by atoms with Crippen LogP contribution in [-0.2, 0) is 14.3 Å². The van der Waals surface area contributed by atoms with Crippen LogP contribution in [0, 0.1) is 5.92 Å². The first-order valence-electron chi connectivity index (χ1n) is 9.52. The molecule has 6 nitrogen and oxygen atoms in total. The second kappa shape index (κ2) is 8.39. The second-order valence-corrected chi connectivity index (χ2v) is 8.57. The zero-order valence-electron chi connectivity index (χ0n) is 16.9. The smallest absolute Gasteiger partial charge is 0.338 e. The van der Waals surface area contributed by atoms with Crippen LogP contribution in [0.25, 0.3) is 0 Å². The van der Waals surface area contributed by atoms with E-state index in [1.165, 1.54) is 11.8 Å². The molecule has 3 rings (SSSR count). The average Bonchev–Trinajstić information content (AvgIpc) is 2.93.